The summed E-state index contributed by atoms with van der Waals surface area (Å²) in [4.78, 5) is 20.2. The van der Waals surface area contributed by atoms with Gasteiger partial charge < -0.3 is 24.8 Å². The number of ether oxygens (including phenoxy) is 1. The summed E-state index contributed by atoms with van der Waals surface area (Å²) in [5, 5.41) is 4.70. The molecule has 0 spiro atoms. The van der Waals surface area contributed by atoms with E-state index in [0.29, 0.717) is 26.8 Å². The van der Waals surface area contributed by atoms with E-state index in [1.165, 1.54) is 18.0 Å². The van der Waals surface area contributed by atoms with Gasteiger partial charge in [-0.2, -0.15) is 0 Å². The van der Waals surface area contributed by atoms with E-state index >= 15 is 0 Å². The van der Waals surface area contributed by atoms with Crippen molar-refractivity contribution in [1.29, 1.82) is 0 Å². The fourth-order valence-corrected chi connectivity index (χ4v) is 4.42. The van der Waals surface area contributed by atoms with Gasteiger partial charge in [0.25, 0.3) is 0 Å². The zero-order valence-corrected chi connectivity index (χ0v) is 21.7. The van der Waals surface area contributed by atoms with Gasteiger partial charge in [-0.25, -0.2) is 9.98 Å². The van der Waals surface area contributed by atoms with Gasteiger partial charge >= 0.3 is 0 Å². The second-order valence-electron chi connectivity index (χ2n) is 7.64. The number of nitrogens with one attached hydrogen (secondary N) is 2. The van der Waals surface area contributed by atoms with E-state index in [4.69, 9.17) is 32.9 Å². The molecule has 3 rings (SSSR count). The highest BCUT2D eigenvalue weighted by Gasteiger charge is 2.17. The van der Waals surface area contributed by atoms with Crippen molar-refractivity contribution in [2.45, 2.75) is 6.92 Å². The Morgan fingerprint density at radius 1 is 1.29 bits per heavy atom. The molecular formula is C23H29Cl2N7OS. The molecule has 1 saturated heterocycles. The third-order valence-corrected chi connectivity index (χ3v) is 6.69. The Kier molecular flexibility index (Phi) is 9.88. The maximum atomic E-state index is 6.56. The first kappa shape index (κ1) is 26.2. The lowest BCUT2D eigenvalue weighted by molar-refractivity contribution is 0.214. The van der Waals surface area contributed by atoms with Gasteiger partial charge in [0.05, 0.1) is 21.5 Å². The Bertz CT molecular complexity index is 1100. The van der Waals surface area contributed by atoms with E-state index < -0.39 is 0 Å². The summed E-state index contributed by atoms with van der Waals surface area (Å²) in [6, 6.07) is 5.81. The average Bonchev–Trinajstić information content (AvgIpc) is 3.21. The van der Waals surface area contributed by atoms with Crippen LogP contribution in [0.2, 0.25) is 5.02 Å². The zero-order chi connectivity index (χ0) is 24.5. The van der Waals surface area contributed by atoms with E-state index in [9.17, 15) is 0 Å². The molecule has 2 heterocycles. The van der Waals surface area contributed by atoms with Crippen LogP contribution in [0.25, 0.3) is 10.9 Å². The van der Waals surface area contributed by atoms with Crippen molar-refractivity contribution in [3.63, 3.8) is 0 Å². The molecule has 8 nitrogen and oxygen atoms in total. The smallest absolute Gasteiger partial charge is 0.181 e. The van der Waals surface area contributed by atoms with Crippen LogP contribution < -0.4 is 10.1 Å². The first-order chi connectivity index (χ1) is 16.4. The number of halogens is 2. The standard InChI is InChI=1S/C23H29Cl2N7OS/c1-16-11-17-18(30-16)5-6-19(23(17)25)33-14-28-22(32-9-7-31(4)8-10-32)12-21(27-3)29-15-34-20(24)13-26-2/h5-6,11-13,29-30H,2-3,7-10,14-15H2,1,4H3/b20-13-,21-12+,28-22+. The fourth-order valence-electron chi connectivity index (χ4n) is 3.40. The van der Waals surface area contributed by atoms with Crippen LogP contribution in [0.4, 0.5) is 0 Å². The van der Waals surface area contributed by atoms with Gasteiger partial charge in [0.1, 0.15) is 17.4 Å². The Labute approximate surface area is 214 Å². The number of aryl methyl sites for hydroxylation is 1. The van der Waals surface area contributed by atoms with Crippen LogP contribution in [0.15, 0.2) is 55.6 Å². The SMILES string of the molecule is C=N/C=C(/Cl)SCN/C(=C/C(=N\COc1ccc2[nH]c(C)cc2c1Cl)N1CCN(C)CC1)N=C. The molecule has 1 fully saturated rings. The van der Waals surface area contributed by atoms with E-state index in [0.717, 1.165) is 48.6 Å². The Balaban J connectivity index is 1.74. The summed E-state index contributed by atoms with van der Waals surface area (Å²) in [6.07, 6.45) is 3.36. The third-order valence-electron chi connectivity index (χ3n) is 5.20. The highest BCUT2D eigenvalue weighted by atomic mass is 35.5. The maximum Gasteiger partial charge on any atom is 0.181 e. The maximum absolute atomic E-state index is 6.56. The van der Waals surface area contributed by atoms with E-state index in [2.05, 4.69) is 50.6 Å². The molecule has 0 radical (unpaired) electrons. The average molecular weight is 523 g/mol. The number of aromatic amines is 1. The van der Waals surface area contributed by atoms with Crippen LogP contribution in [0.1, 0.15) is 5.69 Å². The number of likely N-dealkylation sites (N-methyl/N-ethyl adjacent to an activating group) is 1. The van der Waals surface area contributed by atoms with Crippen molar-refractivity contribution in [3.05, 3.63) is 51.4 Å². The van der Waals surface area contributed by atoms with Gasteiger partial charge in [0, 0.05) is 48.9 Å². The first-order valence-corrected chi connectivity index (χ1v) is 12.4. The number of aromatic nitrogens is 1. The van der Waals surface area contributed by atoms with Crippen LogP contribution in [0.5, 0.6) is 5.75 Å². The third kappa shape index (κ3) is 7.27. The highest BCUT2D eigenvalue weighted by Crippen LogP contribution is 2.33. The number of amidine groups is 1. The molecule has 0 atom stereocenters. The molecule has 0 aliphatic carbocycles. The lowest BCUT2D eigenvalue weighted by Gasteiger charge is -2.33. The molecular weight excluding hydrogens is 493 g/mol. The number of fused-ring (bicyclic) bond motifs is 1. The quantitative estimate of drug-likeness (QED) is 0.269. The molecule has 11 heteroatoms. The molecule has 0 bridgehead atoms. The van der Waals surface area contributed by atoms with Crippen molar-refractivity contribution < 1.29 is 4.74 Å². The van der Waals surface area contributed by atoms with Gasteiger partial charge in [0.15, 0.2) is 6.73 Å². The molecule has 0 saturated carbocycles. The molecule has 2 N–H and O–H groups in total. The van der Waals surface area contributed by atoms with Crippen LogP contribution in [0.3, 0.4) is 0 Å². The van der Waals surface area contributed by atoms with Crippen LogP contribution in [-0.2, 0) is 0 Å². The minimum Gasteiger partial charge on any atom is -0.470 e. The predicted octanol–water partition coefficient (Wildman–Crippen LogP) is 4.67. The normalized spacial score (nSPS) is 16.1. The largest absolute Gasteiger partial charge is 0.470 e. The van der Waals surface area contributed by atoms with Crippen molar-refractivity contribution >= 4 is 65.1 Å². The molecule has 2 aromatic rings. The number of benzene rings is 1. The minimum absolute atomic E-state index is 0.117. The number of nitrogens with zero attached hydrogens (tertiary/aromatic N) is 5. The van der Waals surface area contributed by atoms with Gasteiger partial charge in [-0.1, -0.05) is 35.0 Å². The summed E-state index contributed by atoms with van der Waals surface area (Å²) in [5.41, 5.74) is 2.02. The summed E-state index contributed by atoms with van der Waals surface area (Å²) >= 11 is 14.0. The molecule has 1 aromatic carbocycles. The van der Waals surface area contributed by atoms with Crippen molar-refractivity contribution in [2.24, 2.45) is 15.0 Å². The molecule has 1 aliphatic heterocycles. The Hall–Kier alpha value is -2.46. The summed E-state index contributed by atoms with van der Waals surface area (Å²) in [6.45, 7) is 12.8. The van der Waals surface area contributed by atoms with Gasteiger partial charge in [-0.05, 0) is 45.6 Å². The summed E-state index contributed by atoms with van der Waals surface area (Å²) < 4.78 is 6.47. The second-order valence-corrected chi connectivity index (χ2v) is 9.67. The number of thioether (sulfide) groups is 1. The molecule has 34 heavy (non-hydrogen) atoms. The van der Waals surface area contributed by atoms with E-state index in [1.807, 2.05) is 31.2 Å². The Morgan fingerprint density at radius 3 is 2.76 bits per heavy atom. The molecule has 1 aliphatic rings. The molecule has 1 aromatic heterocycles. The number of hydrogen-bond donors (Lipinski definition) is 2. The Morgan fingerprint density at radius 2 is 2.06 bits per heavy atom. The predicted molar refractivity (Wildman–Crippen MR) is 147 cm³/mol. The second kappa shape index (κ2) is 12.9. The zero-order valence-electron chi connectivity index (χ0n) is 19.4. The highest BCUT2D eigenvalue weighted by molar-refractivity contribution is 8.04. The van der Waals surface area contributed by atoms with E-state index in [-0.39, 0.29) is 6.73 Å². The number of hydrogen-bond acceptors (Lipinski definition) is 7. The van der Waals surface area contributed by atoms with Crippen LogP contribution in [0, 0.1) is 6.92 Å². The van der Waals surface area contributed by atoms with Gasteiger partial charge in [-0.15, -0.1) is 0 Å². The van der Waals surface area contributed by atoms with Crippen molar-refractivity contribution in [1.82, 2.24) is 20.1 Å². The van der Waals surface area contributed by atoms with E-state index in [1.54, 1.807) is 0 Å². The van der Waals surface area contributed by atoms with Crippen LogP contribution in [-0.4, -0.2) is 79.9 Å². The van der Waals surface area contributed by atoms with Crippen molar-refractivity contribution in [2.75, 3.05) is 45.8 Å². The molecule has 182 valence electrons. The fraction of sp³-hybridized carbons (Fsp3) is 0.348. The van der Waals surface area contributed by atoms with Gasteiger partial charge in [0.2, 0.25) is 0 Å². The topological polar surface area (TPSA) is 80.6 Å². The lowest BCUT2D eigenvalue weighted by atomic mass is 10.2. The number of piperazine rings is 1. The monoisotopic (exact) mass is 521 g/mol. The van der Waals surface area contributed by atoms with Crippen LogP contribution >= 0.6 is 35.0 Å². The molecule has 0 amide bonds. The van der Waals surface area contributed by atoms with Gasteiger partial charge in [-0.3, -0.25) is 4.99 Å². The molecule has 0 unspecified atom stereocenters. The summed E-state index contributed by atoms with van der Waals surface area (Å²) in [7, 11) is 2.11. The lowest BCUT2D eigenvalue weighted by Crippen LogP contribution is -2.47. The minimum atomic E-state index is 0.117. The summed E-state index contributed by atoms with van der Waals surface area (Å²) in [5.74, 6) is 2.43. The van der Waals surface area contributed by atoms with Crippen molar-refractivity contribution in [3.8, 4) is 5.75 Å². The number of rotatable bonds is 10. The number of aliphatic imine (C=N–C) groups is 3. The first-order valence-electron chi connectivity index (χ1n) is 10.7. The number of H-pyrrole nitrogens is 1.